The quantitative estimate of drug-likeness (QED) is 0.873. The van der Waals surface area contributed by atoms with E-state index in [9.17, 15) is 10.1 Å². The third-order valence-corrected chi connectivity index (χ3v) is 4.51. The third-order valence-electron chi connectivity index (χ3n) is 4.51. The maximum Gasteiger partial charge on any atom is 0.243 e. The fraction of sp³-hybridized carbons (Fsp3) is 0.400. The Morgan fingerprint density at radius 2 is 1.70 bits per heavy atom. The molecule has 7 nitrogen and oxygen atoms in total. The van der Waals surface area contributed by atoms with Gasteiger partial charge < -0.3 is 15.1 Å². The highest BCUT2D eigenvalue weighted by molar-refractivity contribution is 5.86. The zero-order valence-electron chi connectivity index (χ0n) is 15.7. The molecule has 1 atom stereocenters. The number of carbonyl (C=O) groups excluding carboxylic acids is 1. The van der Waals surface area contributed by atoms with Crippen molar-refractivity contribution >= 4 is 17.4 Å². The summed E-state index contributed by atoms with van der Waals surface area (Å²) in [4.78, 5) is 16.6. The number of amides is 1. The number of carbonyl (C=O) groups is 1. The molecule has 1 unspecified atom stereocenters. The first-order valence-corrected chi connectivity index (χ1v) is 9.17. The van der Waals surface area contributed by atoms with Crippen molar-refractivity contribution < 1.29 is 4.79 Å². The SMILES string of the molecule is CC(C)NC(=O)C(C#N)c1ccc(N2CCN(c3ccccc3)CC2)nn1. The molecule has 1 saturated heterocycles. The van der Waals surface area contributed by atoms with Crippen LogP contribution in [0.25, 0.3) is 0 Å². The van der Waals surface area contributed by atoms with Crippen molar-refractivity contribution in [2.24, 2.45) is 0 Å². The van der Waals surface area contributed by atoms with Gasteiger partial charge in [0.25, 0.3) is 0 Å². The van der Waals surface area contributed by atoms with Crippen LogP contribution in [0.4, 0.5) is 11.5 Å². The van der Waals surface area contributed by atoms with E-state index < -0.39 is 5.92 Å². The van der Waals surface area contributed by atoms with Gasteiger partial charge in [-0.3, -0.25) is 4.79 Å². The Morgan fingerprint density at radius 1 is 1.04 bits per heavy atom. The molecule has 2 heterocycles. The molecule has 1 aromatic heterocycles. The Hall–Kier alpha value is -3.14. The molecule has 3 rings (SSSR count). The molecule has 1 amide bonds. The Balaban J connectivity index is 1.63. The number of anilines is 2. The summed E-state index contributed by atoms with van der Waals surface area (Å²) < 4.78 is 0. The van der Waals surface area contributed by atoms with Crippen molar-refractivity contribution in [1.29, 1.82) is 5.26 Å². The Kier molecular flexibility index (Phi) is 5.87. The van der Waals surface area contributed by atoms with Gasteiger partial charge in [-0.05, 0) is 38.1 Å². The minimum atomic E-state index is -0.941. The monoisotopic (exact) mass is 364 g/mol. The number of benzene rings is 1. The van der Waals surface area contributed by atoms with Crippen LogP contribution in [0.1, 0.15) is 25.5 Å². The summed E-state index contributed by atoms with van der Waals surface area (Å²) in [5.41, 5.74) is 1.61. The van der Waals surface area contributed by atoms with Gasteiger partial charge in [-0.15, -0.1) is 5.10 Å². The standard InChI is InChI=1S/C20H24N6O/c1-15(2)22-20(27)17(14-21)18-8-9-19(24-23-18)26-12-10-25(11-13-26)16-6-4-3-5-7-16/h3-9,15,17H,10-13H2,1-2H3,(H,22,27). The summed E-state index contributed by atoms with van der Waals surface area (Å²) in [5, 5.41) is 20.5. The van der Waals surface area contributed by atoms with E-state index in [1.807, 2.05) is 44.2 Å². The van der Waals surface area contributed by atoms with Crippen LogP contribution >= 0.6 is 0 Å². The normalized spacial score (nSPS) is 15.3. The molecule has 1 aliphatic rings. The molecule has 1 aromatic carbocycles. The van der Waals surface area contributed by atoms with Gasteiger partial charge in [0, 0.05) is 37.9 Å². The number of nitrogens with zero attached hydrogens (tertiary/aromatic N) is 5. The van der Waals surface area contributed by atoms with Crippen LogP contribution in [0.3, 0.4) is 0 Å². The molecule has 7 heteroatoms. The van der Waals surface area contributed by atoms with Crippen LogP contribution in [0.15, 0.2) is 42.5 Å². The largest absolute Gasteiger partial charge is 0.368 e. The number of piperazine rings is 1. The molecule has 1 fully saturated rings. The van der Waals surface area contributed by atoms with Gasteiger partial charge in [-0.1, -0.05) is 18.2 Å². The average Bonchev–Trinajstić information content (AvgIpc) is 2.69. The summed E-state index contributed by atoms with van der Waals surface area (Å²) in [7, 11) is 0. The first-order chi connectivity index (χ1) is 13.1. The van der Waals surface area contributed by atoms with Gasteiger partial charge in [0.15, 0.2) is 11.7 Å². The zero-order valence-corrected chi connectivity index (χ0v) is 15.7. The summed E-state index contributed by atoms with van der Waals surface area (Å²) in [5.74, 6) is -0.512. The molecule has 1 N–H and O–H groups in total. The molecular weight excluding hydrogens is 340 g/mol. The van der Waals surface area contributed by atoms with Crippen molar-refractivity contribution in [3.63, 3.8) is 0 Å². The molecule has 0 radical (unpaired) electrons. The van der Waals surface area contributed by atoms with Gasteiger partial charge in [0.05, 0.1) is 11.8 Å². The fourth-order valence-corrected chi connectivity index (χ4v) is 3.12. The van der Waals surface area contributed by atoms with E-state index >= 15 is 0 Å². The van der Waals surface area contributed by atoms with E-state index in [1.165, 1.54) is 5.69 Å². The Morgan fingerprint density at radius 3 is 2.26 bits per heavy atom. The molecule has 1 aliphatic heterocycles. The second-order valence-corrected chi connectivity index (χ2v) is 6.85. The van der Waals surface area contributed by atoms with Gasteiger partial charge in [-0.2, -0.15) is 10.4 Å². The van der Waals surface area contributed by atoms with Crippen molar-refractivity contribution in [3.05, 3.63) is 48.2 Å². The molecule has 0 saturated carbocycles. The third kappa shape index (κ3) is 4.53. The number of rotatable bonds is 5. The number of para-hydroxylation sites is 1. The van der Waals surface area contributed by atoms with Crippen molar-refractivity contribution in [2.45, 2.75) is 25.8 Å². The van der Waals surface area contributed by atoms with E-state index in [1.54, 1.807) is 6.07 Å². The van der Waals surface area contributed by atoms with E-state index in [2.05, 4.69) is 37.4 Å². The second kappa shape index (κ2) is 8.49. The van der Waals surface area contributed by atoms with E-state index in [-0.39, 0.29) is 11.9 Å². The molecule has 27 heavy (non-hydrogen) atoms. The van der Waals surface area contributed by atoms with Crippen molar-refractivity contribution in [3.8, 4) is 6.07 Å². The maximum absolute atomic E-state index is 12.1. The van der Waals surface area contributed by atoms with Gasteiger partial charge in [0.2, 0.25) is 5.91 Å². The summed E-state index contributed by atoms with van der Waals surface area (Å²) >= 11 is 0. The Bertz CT molecular complexity index is 791. The molecule has 0 spiro atoms. The minimum Gasteiger partial charge on any atom is -0.368 e. The van der Waals surface area contributed by atoms with Crippen LogP contribution < -0.4 is 15.1 Å². The minimum absolute atomic E-state index is 0.0264. The topological polar surface area (TPSA) is 85.2 Å². The number of hydrogen-bond donors (Lipinski definition) is 1. The predicted octanol–water partition coefficient (Wildman–Crippen LogP) is 1.93. The van der Waals surface area contributed by atoms with E-state index in [0.717, 1.165) is 32.0 Å². The lowest BCUT2D eigenvalue weighted by Crippen LogP contribution is -2.46. The molecular formula is C20H24N6O. The number of aromatic nitrogens is 2. The predicted molar refractivity (Wildman–Crippen MR) is 105 cm³/mol. The maximum atomic E-state index is 12.1. The highest BCUT2D eigenvalue weighted by Crippen LogP contribution is 2.20. The van der Waals surface area contributed by atoms with Gasteiger partial charge >= 0.3 is 0 Å². The molecule has 0 bridgehead atoms. The fourth-order valence-electron chi connectivity index (χ4n) is 3.12. The summed E-state index contributed by atoms with van der Waals surface area (Å²) in [6.45, 7) is 7.22. The zero-order chi connectivity index (χ0) is 19.2. The van der Waals surface area contributed by atoms with E-state index in [4.69, 9.17) is 0 Å². The molecule has 2 aromatic rings. The van der Waals surface area contributed by atoms with Crippen molar-refractivity contribution in [2.75, 3.05) is 36.0 Å². The number of nitrogens with one attached hydrogen (secondary N) is 1. The number of hydrogen-bond acceptors (Lipinski definition) is 6. The molecule has 0 aliphatic carbocycles. The van der Waals surface area contributed by atoms with Crippen molar-refractivity contribution in [1.82, 2.24) is 15.5 Å². The lowest BCUT2D eigenvalue weighted by molar-refractivity contribution is -0.121. The summed E-state index contributed by atoms with van der Waals surface area (Å²) in [6, 6.07) is 15.9. The highest BCUT2D eigenvalue weighted by atomic mass is 16.1. The lowest BCUT2D eigenvalue weighted by atomic mass is 10.1. The highest BCUT2D eigenvalue weighted by Gasteiger charge is 2.24. The van der Waals surface area contributed by atoms with Crippen LogP contribution in [-0.2, 0) is 4.79 Å². The first-order valence-electron chi connectivity index (χ1n) is 9.17. The van der Waals surface area contributed by atoms with Gasteiger partial charge in [-0.25, -0.2) is 0 Å². The first kappa shape index (κ1) is 18.6. The summed E-state index contributed by atoms with van der Waals surface area (Å²) in [6.07, 6.45) is 0. The van der Waals surface area contributed by atoms with E-state index in [0.29, 0.717) is 5.69 Å². The lowest BCUT2D eigenvalue weighted by Gasteiger charge is -2.36. The number of nitriles is 1. The average molecular weight is 364 g/mol. The second-order valence-electron chi connectivity index (χ2n) is 6.85. The van der Waals surface area contributed by atoms with Crippen LogP contribution in [0, 0.1) is 11.3 Å². The van der Waals surface area contributed by atoms with Crippen LogP contribution in [-0.4, -0.2) is 48.3 Å². The van der Waals surface area contributed by atoms with Crippen LogP contribution in [0.5, 0.6) is 0 Å². The van der Waals surface area contributed by atoms with Gasteiger partial charge in [0.1, 0.15) is 0 Å². The molecule has 140 valence electrons. The Labute approximate surface area is 159 Å². The smallest absolute Gasteiger partial charge is 0.243 e. The van der Waals surface area contributed by atoms with Crippen LogP contribution in [0.2, 0.25) is 0 Å².